The van der Waals surface area contributed by atoms with Crippen LogP contribution < -0.4 is 5.32 Å². The second kappa shape index (κ2) is 7.74. The number of aryl methyl sites for hydroxylation is 1. The van der Waals surface area contributed by atoms with Crippen LogP contribution in [0.15, 0.2) is 48.5 Å². The Morgan fingerprint density at radius 3 is 2.39 bits per heavy atom. The first kappa shape index (κ1) is 18.7. The second-order valence-corrected chi connectivity index (χ2v) is 8.00. The third kappa shape index (κ3) is 3.93. The highest BCUT2D eigenvalue weighted by molar-refractivity contribution is 5.94. The molecule has 2 fully saturated rings. The predicted molar refractivity (Wildman–Crippen MR) is 105 cm³/mol. The molecule has 0 spiro atoms. The molecule has 2 bridgehead atoms. The Bertz CT molecular complexity index is 866. The molecule has 28 heavy (non-hydrogen) atoms. The molecule has 146 valence electrons. The largest absolute Gasteiger partial charge is 0.349 e. The molecule has 2 saturated heterocycles. The van der Waals surface area contributed by atoms with Gasteiger partial charge in [0, 0.05) is 23.7 Å². The molecule has 2 aromatic rings. The molecule has 0 aliphatic carbocycles. The summed E-state index contributed by atoms with van der Waals surface area (Å²) in [6.45, 7) is 2.03. The van der Waals surface area contributed by atoms with Crippen LogP contribution in [0.2, 0.25) is 0 Å². The number of nitrogens with one attached hydrogen (secondary N) is 1. The van der Waals surface area contributed by atoms with Crippen LogP contribution >= 0.6 is 0 Å². The van der Waals surface area contributed by atoms with E-state index in [1.807, 2.05) is 25.1 Å². The zero-order valence-corrected chi connectivity index (χ0v) is 16.0. The molecule has 2 aromatic carbocycles. The van der Waals surface area contributed by atoms with E-state index in [-0.39, 0.29) is 35.8 Å². The summed E-state index contributed by atoms with van der Waals surface area (Å²) < 4.78 is 13.0. The van der Waals surface area contributed by atoms with Crippen molar-refractivity contribution in [3.8, 4) is 0 Å². The number of benzene rings is 2. The van der Waals surface area contributed by atoms with Gasteiger partial charge in [0.15, 0.2) is 0 Å². The van der Waals surface area contributed by atoms with Gasteiger partial charge in [0.1, 0.15) is 5.82 Å². The fourth-order valence-corrected chi connectivity index (χ4v) is 4.66. The molecule has 1 N–H and O–H groups in total. The van der Waals surface area contributed by atoms with Crippen molar-refractivity contribution < 1.29 is 14.0 Å². The van der Waals surface area contributed by atoms with Crippen molar-refractivity contribution >= 4 is 11.8 Å². The van der Waals surface area contributed by atoms with Crippen LogP contribution in [0.4, 0.5) is 4.39 Å². The molecule has 2 heterocycles. The van der Waals surface area contributed by atoms with Gasteiger partial charge >= 0.3 is 0 Å². The van der Waals surface area contributed by atoms with E-state index in [0.717, 1.165) is 36.8 Å². The first-order chi connectivity index (χ1) is 13.5. The van der Waals surface area contributed by atoms with Gasteiger partial charge in [0.2, 0.25) is 5.91 Å². The van der Waals surface area contributed by atoms with Crippen molar-refractivity contribution in [3.63, 3.8) is 0 Å². The number of halogens is 1. The van der Waals surface area contributed by atoms with Gasteiger partial charge in [-0.25, -0.2) is 4.39 Å². The molecular weight excluding hydrogens is 355 g/mol. The molecule has 0 radical (unpaired) electrons. The van der Waals surface area contributed by atoms with Gasteiger partial charge in [-0.05, 0) is 62.4 Å². The van der Waals surface area contributed by atoms with Gasteiger partial charge in [0.05, 0.1) is 6.42 Å². The van der Waals surface area contributed by atoms with Crippen LogP contribution in [0.1, 0.15) is 47.2 Å². The summed E-state index contributed by atoms with van der Waals surface area (Å²) in [5, 5.41) is 3.07. The topological polar surface area (TPSA) is 49.4 Å². The lowest BCUT2D eigenvalue weighted by Crippen LogP contribution is -2.52. The lowest BCUT2D eigenvalue weighted by molar-refractivity contribution is -0.135. The average molecular weight is 380 g/mol. The molecule has 0 saturated carbocycles. The molecule has 0 aromatic heterocycles. The molecule has 2 unspecified atom stereocenters. The molecule has 2 aliphatic heterocycles. The Labute approximate surface area is 164 Å². The van der Waals surface area contributed by atoms with E-state index >= 15 is 0 Å². The van der Waals surface area contributed by atoms with Crippen molar-refractivity contribution in [2.45, 2.75) is 57.2 Å². The third-order valence-corrected chi connectivity index (χ3v) is 5.90. The number of carbonyl (C=O) groups is 2. The summed E-state index contributed by atoms with van der Waals surface area (Å²) in [6, 6.07) is 14.1. The van der Waals surface area contributed by atoms with E-state index in [4.69, 9.17) is 0 Å². The maximum atomic E-state index is 13.0. The molecular formula is C23H25FN2O2. The van der Waals surface area contributed by atoms with E-state index in [1.165, 1.54) is 24.3 Å². The van der Waals surface area contributed by atoms with Crippen LogP contribution in [0.25, 0.3) is 0 Å². The monoisotopic (exact) mass is 380 g/mol. The Kier molecular flexibility index (Phi) is 5.16. The van der Waals surface area contributed by atoms with Crippen molar-refractivity contribution in [1.82, 2.24) is 10.2 Å². The Balaban J connectivity index is 1.38. The first-order valence-electron chi connectivity index (χ1n) is 9.93. The summed E-state index contributed by atoms with van der Waals surface area (Å²) in [5.74, 6) is -0.347. The normalized spacial score (nSPS) is 23.5. The highest BCUT2D eigenvalue weighted by Gasteiger charge is 2.43. The summed E-state index contributed by atoms with van der Waals surface area (Å²) in [6.07, 6.45) is 3.98. The Morgan fingerprint density at radius 2 is 1.75 bits per heavy atom. The molecule has 4 nitrogen and oxygen atoms in total. The smallest absolute Gasteiger partial charge is 0.251 e. The molecule has 2 amide bonds. The van der Waals surface area contributed by atoms with E-state index in [9.17, 15) is 14.0 Å². The van der Waals surface area contributed by atoms with Crippen molar-refractivity contribution in [2.24, 2.45) is 0 Å². The number of rotatable bonds is 4. The summed E-state index contributed by atoms with van der Waals surface area (Å²) in [4.78, 5) is 27.4. The number of hydrogen-bond acceptors (Lipinski definition) is 2. The van der Waals surface area contributed by atoms with Gasteiger partial charge < -0.3 is 10.2 Å². The summed E-state index contributed by atoms with van der Waals surface area (Å²) >= 11 is 0. The number of carbonyl (C=O) groups excluding carboxylic acids is 2. The fraction of sp³-hybridized carbons (Fsp3) is 0.391. The van der Waals surface area contributed by atoms with Crippen LogP contribution in [-0.2, 0) is 11.2 Å². The summed E-state index contributed by atoms with van der Waals surface area (Å²) in [7, 11) is 0. The lowest BCUT2D eigenvalue weighted by atomic mass is 9.95. The zero-order chi connectivity index (χ0) is 19.7. The van der Waals surface area contributed by atoms with Gasteiger partial charge in [0.25, 0.3) is 5.91 Å². The molecule has 4 rings (SSSR count). The number of amides is 2. The van der Waals surface area contributed by atoms with Gasteiger partial charge in [-0.1, -0.05) is 29.8 Å². The van der Waals surface area contributed by atoms with E-state index < -0.39 is 0 Å². The Hall–Kier alpha value is -2.69. The van der Waals surface area contributed by atoms with Crippen molar-refractivity contribution in [1.29, 1.82) is 0 Å². The minimum absolute atomic E-state index is 0.0538. The van der Waals surface area contributed by atoms with Crippen LogP contribution in [0.3, 0.4) is 0 Å². The van der Waals surface area contributed by atoms with Crippen LogP contribution in [0.5, 0.6) is 0 Å². The van der Waals surface area contributed by atoms with Crippen molar-refractivity contribution in [3.05, 3.63) is 71.0 Å². The van der Waals surface area contributed by atoms with Crippen LogP contribution in [-0.4, -0.2) is 34.8 Å². The SMILES string of the molecule is Cc1cccc(CC(=O)N2C3CCC2CC(NC(=O)c2ccc(F)cc2)C3)c1. The first-order valence-corrected chi connectivity index (χ1v) is 9.93. The highest BCUT2D eigenvalue weighted by atomic mass is 19.1. The summed E-state index contributed by atoms with van der Waals surface area (Å²) in [5.41, 5.74) is 2.68. The maximum absolute atomic E-state index is 13.0. The predicted octanol–water partition coefficient (Wildman–Crippen LogP) is 3.63. The molecule has 2 atom stereocenters. The minimum Gasteiger partial charge on any atom is -0.349 e. The second-order valence-electron chi connectivity index (χ2n) is 8.00. The van der Waals surface area contributed by atoms with E-state index in [0.29, 0.717) is 12.0 Å². The quantitative estimate of drug-likeness (QED) is 0.881. The van der Waals surface area contributed by atoms with Crippen molar-refractivity contribution in [2.75, 3.05) is 0 Å². The minimum atomic E-state index is -0.352. The van der Waals surface area contributed by atoms with Gasteiger partial charge in [-0.3, -0.25) is 9.59 Å². The number of fused-ring (bicyclic) bond motifs is 2. The third-order valence-electron chi connectivity index (χ3n) is 5.90. The van der Waals surface area contributed by atoms with Crippen LogP contribution in [0, 0.1) is 12.7 Å². The van der Waals surface area contributed by atoms with Gasteiger partial charge in [-0.2, -0.15) is 0 Å². The number of nitrogens with zero attached hydrogens (tertiary/aromatic N) is 1. The molecule has 2 aliphatic rings. The standard InChI is InChI=1S/C23H25FN2O2/c1-15-3-2-4-16(11-15)12-22(27)26-20-9-10-21(26)14-19(13-20)25-23(28)17-5-7-18(24)8-6-17/h2-8,11,19-21H,9-10,12-14H2,1H3,(H,25,28). The zero-order valence-electron chi connectivity index (χ0n) is 16.0. The van der Waals surface area contributed by atoms with Gasteiger partial charge in [-0.15, -0.1) is 0 Å². The Morgan fingerprint density at radius 1 is 1.07 bits per heavy atom. The lowest BCUT2D eigenvalue weighted by Gasteiger charge is -2.39. The van der Waals surface area contributed by atoms with E-state index in [2.05, 4.69) is 16.3 Å². The fourth-order valence-electron chi connectivity index (χ4n) is 4.66. The molecule has 5 heteroatoms. The highest BCUT2D eigenvalue weighted by Crippen LogP contribution is 2.36. The number of hydrogen-bond donors (Lipinski definition) is 1. The average Bonchev–Trinajstić information content (AvgIpc) is 2.93. The maximum Gasteiger partial charge on any atom is 0.251 e. The number of piperidine rings is 1. The van der Waals surface area contributed by atoms with E-state index in [1.54, 1.807) is 0 Å².